The lowest BCUT2D eigenvalue weighted by Crippen LogP contribution is -2.58. The number of hydrogen-bond donors (Lipinski definition) is 1. The van der Waals surface area contributed by atoms with Crippen molar-refractivity contribution in [1.29, 1.82) is 0 Å². The van der Waals surface area contributed by atoms with Crippen LogP contribution in [0.2, 0.25) is 10.0 Å². The van der Waals surface area contributed by atoms with Crippen LogP contribution in [-0.2, 0) is 11.8 Å². The Labute approximate surface area is 137 Å². The molecule has 1 nitrogen and oxygen atoms in total. The van der Waals surface area contributed by atoms with E-state index in [2.05, 4.69) is 45.5 Å². The van der Waals surface area contributed by atoms with Gasteiger partial charge in [-0.3, -0.25) is 0 Å². The Balaban J connectivity index is 1.94. The summed E-state index contributed by atoms with van der Waals surface area (Å²) in [6.07, 6.45) is 0.958. The largest absolute Gasteiger partial charge is 0.315 e. The zero-order chi connectivity index (χ0) is 14.2. The van der Waals surface area contributed by atoms with Crippen LogP contribution in [-0.4, -0.2) is 13.1 Å². The Kier molecular flexibility index (Phi) is 4.09. The molecule has 20 heavy (non-hydrogen) atoms. The van der Waals surface area contributed by atoms with Gasteiger partial charge in [-0.2, -0.15) is 0 Å². The Morgan fingerprint density at radius 3 is 2.40 bits per heavy atom. The molecule has 4 heteroatoms. The monoisotopic (exact) mass is 369 g/mol. The quantitative estimate of drug-likeness (QED) is 0.815. The van der Waals surface area contributed by atoms with E-state index in [1.807, 2.05) is 18.2 Å². The molecular weight excluding hydrogens is 357 g/mol. The Bertz CT molecular complexity index is 638. The Hall–Kier alpha value is -0.540. The van der Waals surface area contributed by atoms with Crippen LogP contribution in [0.15, 0.2) is 46.9 Å². The fourth-order valence-corrected chi connectivity index (χ4v) is 3.80. The molecule has 0 amide bonds. The summed E-state index contributed by atoms with van der Waals surface area (Å²) < 4.78 is 1.17. The third-order valence-corrected chi connectivity index (χ3v) is 5.33. The third-order valence-electron chi connectivity index (χ3n) is 3.90. The van der Waals surface area contributed by atoms with Gasteiger partial charge in [-0.15, -0.1) is 0 Å². The highest BCUT2D eigenvalue weighted by atomic mass is 79.9. The number of hydrogen-bond acceptors (Lipinski definition) is 1. The zero-order valence-corrected chi connectivity index (χ0v) is 13.9. The van der Waals surface area contributed by atoms with Gasteiger partial charge in [0.2, 0.25) is 0 Å². The molecular formula is C16H14BrCl2N. The van der Waals surface area contributed by atoms with Crippen molar-refractivity contribution in [2.24, 2.45) is 0 Å². The van der Waals surface area contributed by atoms with Gasteiger partial charge in [-0.05, 0) is 35.7 Å². The molecule has 0 spiro atoms. The molecule has 1 aliphatic rings. The zero-order valence-electron chi connectivity index (χ0n) is 10.8. The molecule has 2 aromatic rings. The summed E-state index contributed by atoms with van der Waals surface area (Å²) in [5.74, 6) is 0. The molecule has 1 fully saturated rings. The van der Waals surface area contributed by atoms with Crippen molar-refractivity contribution in [2.45, 2.75) is 11.8 Å². The minimum absolute atomic E-state index is 0.136. The molecule has 0 unspecified atom stereocenters. The normalized spacial score (nSPS) is 16.8. The first-order valence-corrected chi connectivity index (χ1v) is 8.05. The predicted octanol–water partition coefficient (Wildman–Crippen LogP) is 4.84. The van der Waals surface area contributed by atoms with Crippen molar-refractivity contribution in [3.63, 3.8) is 0 Å². The van der Waals surface area contributed by atoms with E-state index >= 15 is 0 Å². The van der Waals surface area contributed by atoms with Crippen molar-refractivity contribution >= 4 is 39.1 Å². The molecule has 0 aliphatic carbocycles. The van der Waals surface area contributed by atoms with E-state index in [-0.39, 0.29) is 5.41 Å². The van der Waals surface area contributed by atoms with Crippen LogP contribution in [0.1, 0.15) is 11.1 Å². The van der Waals surface area contributed by atoms with Gasteiger partial charge in [0.15, 0.2) is 0 Å². The minimum atomic E-state index is 0.136. The van der Waals surface area contributed by atoms with E-state index in [4.69, 9.17) is 23.2 Å². The van der Waals surface area contributed by atoms with Gasteiger partial charge in [0.05, 0.1) is 10.0 Å². The van der Waals surface area contributed by atoms with Crippen LogP contribution in [0.4, 0.5) is 0 Å². The molecule has 1 saturated heterocycles. The van der Waals surface area contributed by atoms with Crippen LogP contribution in [0.5, 0.6) is 0 Å². The van der Waals surface area contributed by atoms with E-state index in [1.165, 1.54) is 15.6 Å². The average Bonchev–Trinajstić information content (AvgIpc) is 2.39. The van der Waals surface area contributed by atoms with Crippen molar-refractivity contribution in [1.82, 2.24) is 5.32 Å². The second-order valence-electron chi connectivity index (χ2n) is 5.29. The molecule has 104 valence electrons. The highest BCUT2D eigenvalue weighted by Crippen LogP contribution is 2.37. The van der Waals surface area contributed by atoms with Crippen LogP contribution in [0.3, 0.4) is 0 Å². The number of nitrogens with one attached hydrogen (secondary N) is 1. The Morgan fingerprint density at radius 1 is 1.05 bits per heavy atom. The van der Waals surface area contributed by atoms with Crippen molar-refractivity contribution in [3.05, 3.63) is 68.1 Å². The molecule has 0 radical (unpaired) electrons. The number of rotatable bonds is 3. The fourth-order valence-electron chi connectivity index (χ4n) is 2.77. The topological polar surface area (TPSA) is 12.0 Å². The summed E-state index contributed by atoms with van der Waals surface area (Å²) >= 11 is 15.8. The van der Waals surface area contributed by atoms with Crippen LogP contribution < -0.4 is 5.32 Å². The molecule has 0 aromatic heterocycles. The maximum atomic E-state index is 6.12. The molecule has 1 heterocycles. The highest BCUT2D eigenvalue weighted by Gasteiger charge is 2.39. The summed E-state index contributed by atoms with van der Waals surface area (Å²) in [5, 5.41) is 4.63. The average molecular weight is 371 g/mol. The molecule has 1 N–H and O–H groups in total. The van der Waals surface area contributed by atoms with Gasteiger partial charge in [-0.25, -0.2) is 0 Å². The molecule has 0 bridgehead atoms. The lowest BCUT2D eigenvalue weighted by atomic mass is 9.71. The smallest absolute Gasteiger partial charge is 0.0595 e. The van der Waals surface area contributed by atoms with Crippen LogP contribution in [0, 0.1) is 0 Å². The molecule has 1 aliphatic heterocycles. The van der Waals surface area contributed by atoms with Crippen molar-refractivity contribution in [2.75, 3.05) is 13.1 Å². The maximum Gasteiger partial charge on any atom is 0.0595 e. The highest BCUT2D eigenvalue weighted by molar-refractivity contribution is 9.10. The first kappa shape index (κ1) is 14.4. The van der Waals surface area contributed by atoms with Crippen LogP contribution in [0.25, 0.3) is 0 Å². The van der Waals surface area contributed by atoms with E-state index in [0.29, 0.717) is 10.0 Å². The third kappa shape index (κ3) is 2.62. The molecule has 2 aromatic carbocycles. The maximum absolute atomic E-state index is 6.12. The molecule has 3 rings (SSSR count). The summed E-state index contributed by atoms with van der Waals surface area (Å²) in [4.78, 5) is 0. The SMILES string of the molecule is Clc1ccc(CC2(c3ccccc3Br)CNC2)cc1Cl. The molecule has 0 atom stereocenters. The second-order valence-corrected chi connectivity index (χ2v) is 6.96. The summed E-state index contributed by atoms with van der Waals surface area (Å²) in [6.45, 7) is 1.96. The standard InChI is InChI=1S/C16H14BrCl2N/c17-13-4-2-1-3-12(13)16(9-20-10-16)8-11-5-6-14(18)15(19)7-11/h1-7,20H,8-10H2. The van der Waals surface area contributed by atoms with Gasteiger partial charge in [0.25, 0.3) is 0 Å². The molecule has 0 saturated carbocycles. The first-order chi connectivity index (χ1) is 9.61. The van der Waals surface area contributed by atoms with Gasteiger partial charge in [0, 0.05) is 23.0 Å². The number of benzene rings is 2. The van der Waals surface area contributed by atoms with Gasteiger partial charge in [-0.1, -0.05) is 63.4 Å². The summed E-state index contributed by atoms with van der Waals surface area (Å²) in [5.41, 5.74) is 2.71. The van der Waals surface area contributed by atoms with E-state index in [1.54, 1.807) is 0 Å². The second kappa shape index (κ2) is 5.69. The lowest BCUT2D eigenvalue weighted by Gasteiger charge is -2.44. The number of halogens is 3. The van der Waals surface area contributed by atoms with Gasteiger partial charge >= 0.3 is 0 Å². The van der Waals surface area contributed by atoms with Gasteiger partial charge < -0.3 is 5.32 Å². The summed E-state index contributed by atoms with van der Waals surface area (Å²) in [6, 6.07) is 14.3. The van der Waals surface area contributed by atoms with E-state index in [0.717, 1.165) is 19.5 Å². The summed E-state index contributed by atoms with van der Waals surface area (Å²) in [7, 11) is 0. The van der Waals surface area contributed by atoms with E-state index in [9.17, 15) is 0 Å². The van der Waals surface area contributed by atoms with Gasteiger partial charge in [0.1, 0.15) is 0 Å². The van der Waals surface area contributed by atoms with Crippen molar-refractivity contribution in [3.8, 4) is 0 Å². The van der Waals surface area contributed by atoms with Crippen molar-refractivity contribution < 1.29 is 0 Å². The predicted molar refractivity (Wildman–Crippen MR) is 88.9 cm³/mol. The van der Waals surface area contributed by atoms with E-state index < -0.39 is 0 Å². The van der Waals surface area contributed by atoms with Crippen LogP contribution >= 0.6 is 39.1 Å². The minimum Gasteiger partial charge on any atom is -0.315 e. The Morgan fingerprint density at radius 2 is 1.80 bits per heavy atom. The first-order valence-electron chi connectivity index (χ1n) is 6.50. The fraction of sp³-hybridized carbons (Fsp3) is 0.250. The lowest BCUT2D eigenvalue weighted by molar-refractivity contribution is 0.273.